The number of hydrogen-bond acceptors (Lipinski definition) is 2. The number of piperidine rings is 1. The molecule has 1 aliphatic heterocycles. The Morgan fingerprint density at radius 1 is 1.30 bits per heavy atom. The summed E-state index contributed by atoms with van der Waals surface area (Å²) in [6.45, 7) is 13.2. The van der Waals surface area contributed by atoms with Crippen molar-refractivity contribution in [2.75, 3.05) is 26.2 Å². The Hall–Kier alpha value is -0.570. The molecule has 116 valence electrons. The lowest BCUT2D eigenvalue weighted by Crippen LogP contribution is -2.48. The van der Waals surface area contributed by atoms with Crippen LogP contribution in [-0.4, -0.2) is 47.9 Å². The average Bonchev–Trinajstić information content (AvgIpc) is 3.22. The number of nitrogens with zero attached hydrogens (tertiary/aromatic N) is 2. The van der Waals surface area contributed by atoms with Gasteiger partial charge < -0.3 is 9.80 Å². The highest BCUT2D eigenvalue weighted by atomic mass is 16.2. The molecule has 2 rings (SSSR count). The van der Waals surface area contributed by atoms with E-state index in [9.17, 15) is 4.79 Å². The molecule has 1 amide bonds. The molecule has 0 aromatic rings. The van der Waals surface area contributed by atoms with E-state index in [4.69, 9.17) is 0 Å². The lowest BCUT2D eigenvalue weighted by atomic mass is 9.90. The summed E-state index contributed by atoms with van der Waals surface area (Å²) in [6.07, 6.45) is 6.00. The van der Waals surface area contributed by atoms with Gasteiger partial charge in [0.25, 0.3) is 0 Å². The summed E-state index contributed by atoms with van der Waals surface area (Å²) in [6, 6.07) is 0.691. The summed E-state index contributed by atoms with van der Waals surface area (Å²) in [7, 11) is 0. The van der Waals surface area contributed by atoms with E-state index in [0.29, 0.717) is 17.4 Å². The zero-order valence-corrected chi connectivity index (χ0v) is 13.8. The van der Waals surface area contributed by atoms with E-state index in [0.717, 1.165) is 32.5 Å². The van der Waals surface area contributed by atoms with Crippen molar-refractivity contribution in [3.05, 3.63) is 0 Å². The van der Waals surface area contributed by atoms with Gasteiger partial charge in [-0.05, 0) is 50.6 Å². The maximum Gasteiger partial charge on any atom is 0.225 e. The van der Waals surface area contributed by atoms with Gasteiger partial charge in [-0.25, -0.2) is 0 Å². The van der Waals surface area contributed by atoms with Crippen molar-refractivity contribution in [1.82, 2.24) is 9.80 Å². The second-order valence-corrected chi connectivity index (χ2v) is 7.06. The van der Waals surface area contributed by atoms with Gasteiger partial charge in [-0.15, -0.1) is 0 Å². The van der Waals surface area contributed by atoms with Gasteiger partial charge in [0.2, 0.25) is 5.91 Å². The second kappa shape index (κ2) is 6.46. The van der Waals surface area contributed by atoms with Gasteiger partial charge in [0, 0.05) is 25.0 Å². The van der Waals surface area contributed by atoms with Crippen LogP contribution in [-0.2, 0) is 4.79 Å². The molecule has 2 aliphatic rings. The van der Waals surface area contributed by atoms with Crippen LogP contribution in [0.1, 0.15) is 59.8 Å². The number of carbonyl (C=O) groups is 1. The van der Waals surface area contributed by atoms with Gasteiger partial charge in [-0.1, -0.05) is 27.7 Å². The average molecular weight is 280 g/mol. The van der Waals surface area contributed by atoms with Crippen LogP contribution in [0.4, 0.5) is 0 Å². The molecule has 2 fully saturated rings. The zero-order valence-electron chi connectivity index (χ0n) is 13.8. The molecule has 1 saturated heterocycles. The van der Waals surface area contributed by atoms with Crippen molar-refractivity contribution in [1.29, 1.82) is 0 Å². The van der Waals surface area contributed by atoms with Crippen molar-refractivity contribution < 1.29 is 4.79 Å². The molecule has 0 aromatic carbocycles. The molecular weight excluding hydrogens is 248 g/mol. The van der Waals surface area contributed by atoms with E-state index in [-0.39, 0.29) is 5.92 Å². The Morgan fingerprint density at radius 3 is 2.35 bits per heavy atom. The molecule has 0 radical (unpaired) electrons. The highest BCUT2D eigenvalue weighted by Gasteiger charge is 2.47. The minimum atomic E-state index is 0.219. The van der Waals surface area contributed by atoms with E-state index in [2.05, 4.69) is 37.5 Å². The predicted molar refractivity (Wildman–Crippen MR) is 83.6 cm³/mol. The van der Waals surface area contributed by atoms with Crippen LogP contribution >= 0.6 is 0 Å². The topological polar surface area (TPSA) is 23.6 Å². The standard InChI is InChI=1S/C17H32N2O/c1-5-11-18(6-2)15-7-12-19(13-8-15)16(20)14(3)17(4)9-10-17/h14-15H,5-13H2,1-4H3. The third-order valence-corrected chi connectivity index (χ3v) is 5.66. The summed E-state index contributed by atoms with van der Waals surface area (Å²) in [5.41, 5.74) is 0.311. The van der Waals surface area contributed by atoms with Crippen LogP contribution in [0, 0.1) is 11.3 Å². The van der Waals surface area contributed by atoms with Crippen LogP contribution < -0.4 is 0 Å². The van der Waals surface area contributed by atoms with E-state index < -0.39 is 0 Å². The molecule has 1 heterocycles. The van der Waals surface area contributed by atoms with Crippen LogP contribution in [0.25, 0.3) is 0 Å². The lowest BCUT2D eigenvalue weighted by Gasteiger charge is -2.39. The fourth-order valence-corrected chi connectivity index (χ4v) is 3.54. The minimum Gasteiger partial charge on any atom is -0.342 e. The maximum absolute atomic E-state index is 12.6. The quantitative estimate of drug-likeness (QED) is 0.746. The van der Waals surface area contributed by atoms with E-state index in [1.807, 2.05) is 0 Å². The first-order valence-corrected chi connectivity index (χ1v) is 8.54. The maximum atomic E-state index is 12.6. The minimum absolute atomic E-state index is 0.219. The van der Waals surface area contributed by atoms with E-state index in [1.54, 1.807) is 0 Å². The third-order valence-electron chi connectivity index (χ3n) is 5.66. The van der Waals surface area contributed by atoms with Gasteiger partial charge in [-0.2, -0.15) is 0 Å². The number of hydrogen-bond donors (Lipinski definition) is 0. The summed E-state index contributed by atoms with van der Waals surface area (Å²) >= 11 is 0. The predicted octanol–water partition coefficient (Wildman–Crippen LogP) is 3.15. The van der Waals surface area contributed by atoms with Crippen molar-refractivity contribution in [2.24, 2.45) is 11.3 Å². The molecular formula is C17H32N2O. The highest BCUT2D eigenvalue weighted by Crippen LogP contribution is 2.51. The fourth-order valence-electron chi connectivity index (χ4n) is 3.54. The van der Waals surface area contributed by atoms with Crippen molar-refractivity contribution >= 4 is 5.91 Å². The fraction of sp³-hybridized carbons (Fsp3) is 0.941. The summed E-state index contributed by atoms with van der Waals surface area (Å²) in [4.78, 5) is 17.3. The molecule has 1 unspecified atom stereocenters. The molecule has 1 atom stereocenters. The first-order valence-electron chi connectivity index (χ1n) is 8.54. The Labute approximate surface area is 124 Å². The Bertz CT molecular complexity index is 330. The van der Waals surface area contributed by atoms with Gasteiger partial charge in [0.05, 0.1) is 0 Å². The molecule has 3 heteroatoms. The summed E-state index contributed by atoms with van der Waals surface area (Å²) in [5.74, 6) is 0.624. The lowest BCUT2D eigenvalue weighted by molar-refractivity contribution is -0.138. The van der Waals surface area contributed by atoms with Gasteiger partial charge in [0.1, 0.15) is 0 Å². The molecule has 0 N–H and O–H groups in total. The zero-order chi connectivity index (χ0) is 14.8. The van der Waals surface area contributed by atoms with Gasteiger partial charge in [0.15, 0.2) is 0 Å². The van der Waals surface area contributed by atoms with Crippen LogP contribution in [0.5, 0.6) is 0 Å². The summed E-state index contributed by atoms with van der Waals surface area (Å²) < 4.78 is 0. The first-order chi connectivity index (χ1) is 9.51. The number of carbonyl (C=O) groups excluding carboxylic acids is 1. The smallest absolute Gasteiger partial charge is 0.225 e. The van der Waals surface area contributed by atoms with Crippen LogP contribution in [0.2, 0.25) is 0 Å². The molecule has 20 heavy (non-hydrogen) atoms. The number of rotatable bonds is 6. The van der Waals surface area contributed by atoms with E-state index in [1.165, 1.54) is 25.8 Å². The first kappa shape index (κ1) is 15.8. The van der Waals surface area contributed by atoms with Crippen molar-refractivity contribution in [3.63, 3.8) is 0 Å². The van der Waals surface area contributed by atoms with E-state index >= 15 is 0 Å². The largest absolute Gasteiger partial charge is 0.342 e. The van der Waals surface area contributed by atoms with Crippen molar-refractivity contribution in [3.8, 4) is 0 Å². The van der Waals surface area contributed by atoms with Gasteiger partial charge >= 0.3 is 0 Å². The third kappa shape index (κ3) is 3.36. The van der Waals surface area contributed by atoms with Crippen molar-refractivity contribution in [2.45, 2.75) is 65.8 Å². The highest BCUT2D eigenvalue weighted by molar-refractivity contribution is 5.79. The molecule has 0 aromatic heterocycles. The molecule has 0 spiro atoms. The number of likely N-dealkylation sites (tertiary alicyclic amines) is 1. The SMILES string of the molecule is CCCN(CC)C1CCN(C(=O)C(C)C2(C)CC2)CC1. The molecule has 3 nitrogen and oxygen atoms in total. The monoisotopic (exact) mass is 280 g/mol. The normalized spacial score (nSPS) is 23.9. The second-order valence-electron chi connectivity index (χ2n) is 7.06. The molecule has 0 bridgehead atoms. The Balaban J connectivity index is 1.83. The molecule has 1 aliphatic carbocycles. The molecule has 1 saturated carbocycles. The van der Waals surface area contributed by atoms with Crippen LogP contribution in [0.3, 0.4) is 0 Å². The Morgan fingerprint density at radius 2 is 1.90 bits per heavy atom. The Kier molecular flexibility index (Phi) is 5.11. The number of amides is 1. The van der Waals surface area contributed by atoms with Crippen LogP contribution in [0.15, 0.2) is 0 Å². The van der Waals surface area contributed by atoms with Gasteiger partial charge in [-0.3, -0.25) is 4.79 Å². The summed E-state index contributed by atoms with van der Waals surface area (Å²) in [5, 5.41) is 0.